The van der Waals surface area contributed by atoms with E-state index >= 15 is 0 Å². The second-order valence-corrected chi connectivity index (χ2v) is 7.78. The summed E-state index contributed by atoms with van der Waals surface area (Å²) < 4.78 is 2.21. The van der Waals surface area contributed by atoms with Gasteiger partial charge in [-0.1, -0.05) is 73.3 Å². The van der Waals surface area contributed by atoms with E-state index in [1.165, 1.54) is 21.7 Å². The summed E-state index contributed by atoms with van der Waals surface area (Å²) >= 11 is 0. The first kappa shape index (κ1) is 19.6. The monoisotopic (exact) mass is 415 g/mol. The molecule has 0 saturated carbocycles. The lowest BCUT2D eigenvalue weighted by molar-refractivity contribution is -0.130. The molecule has 0 fully saturated rings. The second kappa shape index (κ2) is 8.05. The Labute approximate surface area is 186 Å². The van der Waals surface area contributed by atoms with E-state index in [9.17, 15) is 4.79 Å². The van der Waals surface area contributed by atoms with Crippen molar-refractivity contribution in [2.24, 2.45) is 0 Å². The molecular weight excluding hydrogens is 394 g/mol. The highest BCUT2D eigenvalue weighted by atomic mass is 16.4. The van der Waals surface area contributed by atoms with Gasteiger partial charge in [0, 0.05) is 17.3 Å². The van der Waals surface area contributed by atoms with E-state index in [0.29, 0.717) is 5.56 Å². The molecule has 3 nitrogen and oxygen atoms in total. The molecule has 3 heteroatoms. The van der Waals surface area contributed by atoms with Crippen molar-refractivity contribution in [1.82, 2.24) is 4.57 Å². The van der Waals surface area contributed by atoms with E-state index < -0.39 is 5.97 Å². The Morgan fingerprint density at radius 2 is 1.47 bits per heavy atom. The molecular formula is C29H21NO2. The zero-order valence-corrected chi connectivity index (χ0v) is 17.4. The first-order chi connectivity index (χ1) is 15.6. The van der Waals surface area contributed by atoms with Crippen LogP contribution in [0.2, 0.25) is 0 Å². The van der Waals surface area contributed by atoms with Gasteiger partial charge in [0.1, 0.15) is 0 Å². The van der Waals surface area contributed by atoms with Crippen LogP contribution in [-0.4, -0.2) is 15.6 Å². The van der Waals surface area contributed by atoms with E-state index in [-0.39, 0.29) is 5.57 Å². The number of para-hydroxylation sites is 1. The summed E-state index contributed by atoms with van der Waals surface area (Å²) in [5.41, 5.74) is 5.17. The van der Waals surface area contributed by atoms with Crippen molar-refractivity contribution in [3.63, 3.8) is 0 Å². The molecule has 0 amide bonds. The average Bonchev–Trinajstić information content (AvgIpc) is 3.24. The molecule has 1 heterocycles. The zero-order chi connectivity index (χ0) is 22.1. The van der Waals surface area contributed by atoms with Gasteiger partial charge in [-0.25, -0.2) is 4.79 Å². The number of carboxylic acid groups (broad SMARTS) is 1. The molecule has 0 saturated heterocycles. The number of benzene rings is 4. The van der Waals surface area contributed by atoms with Gasteiger partial charge < -0.3 is 9.67 Å². The van der Waals surface area contributed by atoms with Crippen LogP contribution in [0, 0.1) is 0 Å². The second-order valence-electron chi connectivity index (χ2n) is 7.78. The molecule has 1 N–H and O–H groups in total. The van der Waals surface area contributed by atoms with Crippen LogP contribution in [0.25, 0.3) is 45.1 Å². The first-order valence-electron chi connectivity index (χ1n) is 10.4. The minimum absolute atomic E-state index is 0.0995. The summed E-state index contributed by atoms with van der Waals surface area (Å²) in [6.07, 6.45) is 6.21. The molecule has 154 valence electrons. The van der Waals surface area contributed by atoms with Gasteiger partial charge in [0.25, 0.3) is 0 Å². The van der Waals surface area contributed by atoms with E-state index in [4.69, 9.17) is 5.11 Å². The number of carboxylic acids is 1. The Balaban J connectivity index is 1.44. The highest BCUT2D eigenvalue weighted by molar-refractivity contribution is 6.14. The molecule has 32 heavy (non-hydrogen) atoms. The van der Waals surface area contributed by atoms with Crippen molar-refractivity contribution >= 4 is 45.4 Å². The van der Waals surface area contributed by atoms with Gasteiger partial charge in [-0.2, -0.15) is 0 Å². The molecule has 0 radical (unpaired) electrons. The standard InChI is InChI=1S/C29H21NO2/c1-20(29(31)32)23-12-9-21(10-13-23)7-8-22-11-14-24-19-28-25(18-26(24)17-22)15-16-30(28)27-5-3-2-4-6-27/h2-19H,1H2,(H,31,32). The van der Waals surface area contributed by atoms with Gasteiger partial charge in [-0.3, -0.25) is 0 Å². The summed E-state index contributed by atoms with van der Waals surface area (Å²) in [6, 6.07) is 30.8. The fraction of sp³-hybridized carbons (Fsp3) is 0. The minimum Gasteiger partial charge on any atom is -0.478 e. The van der Waals surface area contributed by atoms with Crippen LogP contribution < -0.4 is 0 Å². The van der Waals surface area contributed by atoms with Gasteiger partial charge >= 0.3 is 5.97 Å². The van der Waals surface area contributed by atoms with Crippen LogP contribution in [0.5, 0.6) is 0 Å². The number of aliphatic carboxylic acids is 1. The molecule has 5 rings (SSSR count). The largest absolute Gasteiger partial charge is 0.478 e. The molecule has 0 atom stereocenters. The van der Waals surface area contributed by atoms with Crippen LogP contribution in [-0.2, 0) is 4.79 Å². The van der Waals surface area contributed by atoms with Gasteiger partial charge in [-0.05, 0) is 63.9 Å². The summed E-state index contributed by atoms with van der Waals surface area (Å²) in [7, 11) is 0. The zero-order valence-electron chi connectivity index (χ0n) is 17.4. The molecule has 4 aromatic carbocycles. The third kappa shape index (κ3) is 3.72. The Bertz CT molecular complexity index is 1490. The van der Waals surface area contributed by atoms with Crippen molar-refractivity contribution in [1.29, 1.82) is 0 Å². The summed E-state index contributed by atoms with van der Waals surface area (Å²) in [5.74, 6) is -1.00. The van der Waals surface area contributed by atoms with Gasteiger partial charge in [-0.15, -0.1) is 0 Å². The summed E-state index contributed by atoms with van der Waals surface area (Å²) in [5, 5.41) is 12.6. The third-order valence-electron chi connectivity index (χ3n) is 5.69. The van der Waals surface area contributed by atoms with Crippen LogP contribution >= 0.6 is 0 Å². The molecule has 0 spiro atoms. The predicted octanol–water partition coefficient (Wildman–Crippen LogP) is 7.05. The van der Waals surface area contributed by atoms with Crippen LogP contribution in [0.1, 0.15) is 16.7 Å². The molecule has 0 unspecified atom stereocenters. The molecule has 0 aliphatic carbocycles. The molecule has 0 aliphatic heterocycles. The van der Waals surface area contributed by atoms with Crippen LogP contribution in [0.3, 0.4) is 0 Å². The number of carbonyl (C=O) groups is 1. The average molecular weight is 415 g/mol. The number of nitrogens with zero attached hydrogens (tertiary/aromatic N) is 1. The lowest BCUT2D eigenvalue weighted by Crippen LogP contribution is -1.97. The van der Waals surface area contributed by atoms with Crippen LogP contribution in [0.15, 0.2) is 104 Å². The lowest BCUT2D eigenvalue weighted by atomic mass is 10.0. The number of fused-ring (bicyclic) bond motifs is 2. The van der Waals surface area contributed by atoms with Crippen molar-refractivity contribution in [2.45, 2.75) is 0 Å². The van der Waals surface area contributed by atoms with Crippen molar-refractivity contribution in [3.8, 4) is 5.69 Å². The van der Waals surface area contributed by atoms with Crippen LogP contribution in [0.4, 0.5) is 0 Å². The quantitative estimate of drug-likeness (QED) is 0.247. The van der Waals surface area contributed by atoms with Crippen molar-refractivity contribution < 1.29 is 9.90 Å². The van der Waals surface area contributed by atoms with E-state index in [1.54, 1.807) is 12.1 Å². The fourth-order valence-corrected chi connectivity index (χ4v) is 3.93. The fourth-order valence-electron chi connectivity index (χ4n) is 3.93. The third-order valence-corrected chi connectivity index (χ3v) is 5.69. The normalized spacial score (nSPS) is 11.4. The highest BCUT2D eigenvalue weighted by Crippen LogP contribution is 2.27. The minimum atomic E-state index is -1.00. The number of hydrogen-bond donors (Lipinski definition) is 1. The molecule has 5 aromatic rings. The number of rotatable bonds is 5. The Morgan fingerprint density at radius 1 is 0.750 bits per heavy atom. The smallest absolute Gasteiger partial charge is 0.335 e. The topological polar surface area (TPSA) is 42.2 Å². The van der Waals surface area contributed by atoms with Gasteiger partial charge in [0.2, 0.25) is 0 Å². The number of aromatic nitrogens is 1. The van der Waals surface area contributed by atoms with E-state index in [0.717, 1.165) is 16.8 Å². The van der Waals surface area contributed by atoms with E-state index in [2.05, 4.69) is 84.1 Å². The predicted molar refractivity (Wildman–Crippen MR) is 133 cm³/mol. The number of hydrogen-bond acceptors (Lipinski definition) is 1. The molecule has 0 bridgehead atoms. The maximum absolute atomic E-state index is 11.0. The molecule has 0 aliphatic rings. The van der Waals surface area contributed by atoms with Gasteiger partial charge in [0.05, 0.1) is 11.1 Å². The van der Waals surface area contributed by atoms with Crippen molar-refractivity contribution in [3.05, 3.63) is 120 Å². The maximum atomic E-state index is 11.0. The highest BCUT2D eigenvalue weighted by Gasteiger charge is 2.07. The Kier molecular flexibility index (Phi) is 4.92. The first-order valence-corrected chi connectivity index (χ1v) is 10.4. The van der Waals surface area contributed by atoms with E-state index in [1.807, 2.05) is 24.3 Å². The Hall–Kier alpha value is -4.37. The maximum Gasteiger partial charge on any atom is 0.335 e. The lowest BCUT2D eigenvalue weighted by Gasteiger charge is -2.07. The molecule has 1 aromatic heterocycles. The van der Waals surface area contributed by atoms with Crippen molar-refractivity contribution in [2.75, 3.05) is 0 Å². The Morgan fingerprint density at radius 3 is 2.22 bits per heavy atom. The van der Waals surface area contributed by atoms with Gasteiger partial charge in [0.15, 0.2) is 0 Å². The summed E-state index contributed by atoms with van der Waals surface area (Å²) in [6.45, 7) is 3.60. The summed E-state index contributed by atoms with van der Waals surface area (Å²) in [4.78, 5) is 11.0. The SMILES string of the molecule is C=C(C(=O)O)c1ccc(C=Cc2ccc3cc4c(ccn4-c4ccccc4)cc3c2)cc1.